The van der Waals surface area contributed by atoms with Crippen molar-refractivity contribution in [3.8, 4) is 22.6 Å². The summed E-state index contributed by atoms with van der Waals surface area (Å²) in [5.74, 6) is -3.05. The van der Waals surface area contributed by atoms with Crippen molar-refractivity contribution in [3.63, 3.8) is 0 Å². The maximum atomic E-state index is 14.4. The number of hydrogen-bond acceptors (Lipinski definition) is 5. The lowest BCUT2D eigenvalue weighted by Crippen LogP contribution is -2.09. The normalized spacial score (nSPS) is 10.4. The topological polar surface area (TPSA) is 61.8 Å². The summed E-state index contributed by atoms with van der Waals surface area (Å²) in [5.41, 5.74) is 0.483. The maximum absolute atomic E-state index is 14.4. The Morgan fingerprint density at radius 2 is 1.79 bits per heavy atom. The van der Waals surface area contributed by atoms with E-state index in [1.807, 2.05) is 0 Å². The summed E-state index contributed by atoms with van der Waals surface area (Å²) in [5, 5.41) is 0. The molecule has 0 spiro atoms. The van der Waals surface area contributed by atoms with E-state index in [1.165, 1.54) is 31.2 Å². The molecule has 0 unspecified atom stereocenters. The molecule has 2 aromatic carbocycles. The molecule has 7 heteroatoms. The molecular formula is C21H16F2O5. The van der Waals surface area contributed by atoms with Crippen LogP contribution in [0.3, 0.4) is 0 Å². The highest BCUT2D eigenvalue weighted by atomic mass is 19.1. The summed E-state index contributed by atoms with van der Waals surface area (Å²) in [7, 11) is 0. The van der Waals surface area contributed by atoms with Crippen molar-refractivity contribution in [1.82, 2.24) is 0 Å². The summed E-state index contributed by atoms with van der Waals surface area (Å²) >= 11 is 0. The van der Waals surface area contributed by atoms with Crippen LogP contribution >= 0.6 is 0 Å². The van der Waals surface area contributed by atoms with Crippen LogP contribution in [0.25, 0.3) is 11.1 Å². The van der Waals surface area contributed by atoms with Gasteiger partial charge in [0.05, 0.1) is 0 Å². The van der Waals surface area contributed by atoms with E-state index in [0.717, 1.165) is 30.7 Å². The highest BCUT2D eigenvalue weighted by Gasteiger charge is 2.13. The van der Waals surface area contributed by atoms with Gasteiger partial charge in [-0.25, -0.2) is 18.4 Å². The molecule has 0 amide bonds. The fraction of sp³-hybridized carbons (Fsp3) is 0.0476. The highest BCUT2D eigenvalue weighted by Crippen LogP contribution is 2.30. The Morgan fingerprint density at radius 3 is 2.39 bits per heavy atom. The van der Waals surface area contributed by atoms with Crippen LogP contribution in [-0.2, 0) is 14.3 Å². The van der Waals surface area contributed by atoms with Gasteiger partial charge in [0.1, 0.15) is 24.1 Å². The molecule has 0 aliphatic rings. The minimum atomic E-state index is -0.821. The van der Waals surface area contributed by atoms with Gasteiger partial charge in [-0.15, -0.1) is 0 Å². The van der Waals surface area contributed by atoms with E-state index in [9.17, 15) is 18.4 Å². The number of rotatable bonds is 7. The second-order valence-electron chi connectivity index (χ2n) is 5.49. The zero-order valence-corrected chi connectivity index (χ0v) is 14.9. The van der Waals surface area contributed by atoms with E-state index in [4.69, 9.17) is 9.47 Å². The Labute approximate surface area is 160 Å². The van der Waals surface area contributed by atoms with Gasteiger partial charge in [0.2, 0.25) is 0 Å². The number of hydrogen-bond donors (Lipinski definition) is 0. The van der Waals surface area contributed by atoms with E-state index < -0.39 is 23.6 Å². The van der Waals surface area contributed by atoms with Crippen LogP contribution in [-0.4, -0.2) is 11.9 Å². The Balaban J connectivity index is 2.14. The van der Waals surface area contributed by atoms with Gasteiger partial charge in [-0.3, -0.25) is 0 Å². The zero-order valence-electron chi connectivity index (χ0n) is 14.9. The molecule has 0 N–H and O–H groups in total. The van der Waals surface area contributed by atoms with Crippen LogP contribution in [0.5, 0.6) is 11.5 Å². The van der Waals surface area contributed by atoms with Gasteiger partial charge in [-0.05, 0) is 36.8 Å². The van der Waals surface area contributed by atoms with Crippen molar-refractivity contribution in [2.24, 2.45) is 0 Å². The SMILES string of the molecule is C=CC(=O)OC=COc1ccc(-c2ccc(OC(=O)C(=C)C)c(F)c2)c(F)c1. The van der Waals surface area contributed by atoms with E-state index in [-0.39, 0.29) is 28.2 Å². The van der Waals surface area contributed by atoms with Crippen LogP contribution in [0, 0.1) is 11.6 Å². The molecule has 0 aromatic heterocycles. The fourth-order valence-corrected chi connectivity index (χ4v) is 1.99. The predicted molar refractivity (Wildman–Crippen MR) is 98.3 cm³/mol. The number of carbonyl (C=O) groups is 2. The molecule has 0 saturated carbocycles. The minimum Gasteiger partial charge on any atom is -0.462 e. The third-order valence-electron chi connectivity index (χ3n) is 3.35. The smallest absolute Gasteiger partial charge is 0.338 e. The predicted octanol–water partition coefficient (Wildman–Crippen LogP) is 4.69. The molecule has 0 radical (unpaired) electrons. The van der Waals surface area contributed by atoms with E-state index in [0.29, 0.717) is 0 Å². The third kappa shape index (κ3) is 5.38. The lowest BCUT2D eigenvalue weighted by Gasteiger charge is -2.09. The Bertz CT molecular complexity index is 963. The first-order chi connectivity index (χ1) is 13.3. The van der Waals surface area contributed by atoms with Crippen LogP contribution in [0.2, 0.25) is 0 Å². The third-order valence-corrected chi connectivity index (χ3v) is 3.35. The van der Waals surface area contributed by atoms with Crippen LogP contribution in [0.4, 0.5) is 8.78 Å². The Hall–Kier alpha value is -3.74. The fourth-order valence-electron chi connectivity index (χ4n) is 1.99. The van der Waals surface area contributed by atoms with Gasteiger partial charge in [0.25, 0.3) is 0 Å². The lowest BCUT2D eigenvalue weighted by atomic mass is 10.0. The van der Waals surface area contributed by atoms with Crippen LogP contribution < -0.4 is 9.47 Å². The molecule has 2 rings (SSSR count). The second kappa shape index (κ2) is 9.27. The summed E-state index contributed by atoms with van der Waals surface area (Å²) in [4.78, 5) is 22.3. The van der Waals surface area contributed by atoms with Crippen molar-refractivity contribution in [3.05, 3.63) is 85.4 Å². The second-order valence-corrected chi connectivity index (χ2v) is 5.49. The number of esters is 2. The van der Waals surface area contributed by atoms with Gasteiger partial charge in [0, 0.05) is 23.3 Å². The minimum absolute atomic E-state index is 0.117. The summed E-state index contributed by atoms with van der Waals surface area (Å²) in [6.45, 7) is 8.08. The average Bonchev–Trinajstić information content (AvgIpc) is 2.66. The van der Waals surface area contributed by atoms with Gasteiger partial charge in [-0.2, -0.15) is 0 Å². The molecule has 144 valence electrons. The van der Waals surface area contributed by atoms with E-state index >= 15 is 0 Å². The number of ether oxygens (including phenoxy) is 3. The van der Waals surface area contributed by atoms with Gasteiger partial charge in [-0.1, -0.05) is 19.2 Å². The van der Waals surface area contributed by atoms with Crippen LogP contribution in [0.15, 0.2) is 73.7 Å². The highest BCUT2D eigenvalue weighted by molar-refractivity contribution is 5.88. The molecule has 2 aromatic rings. The molecule has 28 heavy (non-hydrogen) atoms. The van der Waals surface area contributed by atoms with E-state index in [1.54, 1.807) is 0 Å². The molecule has 0 aliphatic carbocycles. The molecular weight excluding hydrogens is 370 g/mol. The summed E-state index contributed by atoms with van der Waals surface area (Å²) in [6, 6.07) is 7.62. The average molecular weight is 386 g/mol. The first-order valence-electron chi connectivity index (χ1n) is 7.93. The van der Waals surface area contributed by atoms with Crippen molar-refractivity contribution in [2.75, 3.05) is 0 Å². The molecule has 0 heterocycles. The zero-order chi connectivity index (χ0) is 20.7. The van der Waals surface area contributed by atoms with Crippen molar-refractivity contribution < 1.29 is 32.6 Å². The quantitative estimate of drug-likeness (QED) is 0.299. The van der Waals surface area contributed by atoms with E-state index in [2.05, 4.69) is 17.9 Å². The molecule has 0 saturated heterocycles. The molecule has 0 bridgehead atoms. The van der Waals surface area contributed by atoms with Gasteiger partial charge >= 0.3 is 11.9 Å². The first-order valence-corrected chi connectivity index (χ1v) is 7.93. The van der Waals surface area contributed by atoms with Gasteiger partial charge in [0.15, 0.2) is 11.6 Å². The molecule has 0 atom stereocenters. The molecule has 5 nitrogen and oxygen atoms in total. The molecule has 0 fully saturated rings. The number of benzene rings is 2. The summed E-state index contributed by atoms with van der Waals surface area (Å²) in [6.07, 6.45) is 3.01. The van der Waals surface area contributed by atoms with Crippen molar-refractivity contribution in [1.29, 1.82) is 0 Å². The van der Waals surface area contributed by atoms with Crippen molar-refractivity contribution in [2.45, 2.75) is 6.92 Å². The summed E-state index contributed by atoms with van der Waals surface area (Å²) < 4.78 is 43.0. The van der Waals surface area contributed by atoms with Crippen molar-refractivity contribution >= 4 is 11.9 Å². The largest absolute Gasteiger partial charge is 0.462 e. The lowest BCUT2D eigenvalue weighted by molar-refractivity contribution is -0.132. The maximum Gasteiger partial charge on any atom is 0.338 e. The number of carbonyl (C=O) groups excluding carboxylic acids is 2. The van der Waals surface area contributed by atoms with Gasteiger partial charge < -0.3 is 14.2 Å². The Kier molecular flexibility index (Phi) is 6.81. The Morgan fingerprint density at radius 1 is 1.04 bits per heavy atom. The molecule has 0 aliphatic heterocycles. The standard InChI is InChI=1S/C21H16F2O5/c1-4-20(24)27-10-9-26-15-6-7-16(17(22)12-15)14-5-8-19(18(23)11-14)28-21(25)13(2)3/h4-12H,1-2H2,3H3. The van der Waals surface area contributed by atoms with Crippen LogP contribution in [0.1, 0.15) is 6.92 Å². The monoisotopic (exact) mass is 386 g/mol. The number of halogens is 2. The first kappa shape index (κ1) is 20.6.